The molecule has 0 aromatic heterocycles. The molecule has 1 unspecified atom stereocenters. The summed E-state index contributed by atoms with van der Waals surface area (Å²) in [5, 5.41) is 2.54. The first-order chi connectivity index (χ1) is 14.0. The Morgan fingerprint density at radius 3 is 2.20 bits per heavy atom. The van der Waals surface area contributed by atoms with Gasteiger partial charge in [0.15, 0.2) is 0 Å². The van der Waals surface area contributed by atoms with Crippen LogP contribution in [0.1, 0.15) is 12.5 Å². The summed E-state index contributed by atoms with van der Waals surface area (Å²) in [4.78, 5) is 26.9. The quantitative estimate of drug-likeness (QED) is 0.537. The summed E-state index contributed by atoms with van der Waals surface area (Å²) >= 11 is 6.72. The number of nitrogens with zero attached hydrogens (tertiary/aromatic N) is 2. The van der Waals surface area contributed by atoms with E-state index in [4.69, 9.17) is 0 Å². The first-order valence-electron chi connectivity index (χ1n) is 9.01. The first-order valence-corrected chi connectivity index (χ1v) is 12.4. The summed E-state index contributed by atoms with van der Waals surface area (Å²) in [6.45, 7) is 1.34. The molecule has 0 heterocycles. The second kappa shape index (κ2) is 10.4. The van der Waals surface area contributed by atoms with Gasteiger partial charge in [-0.15, -0.1) is 0 Å². The minimum Gasteiger partial charge on any atom is -0.357 e. The van der Waals surface area contributed by atoms with E-state index in [9.17, 15) is 18.0 Å². The lowest BCUT2D eigenvalue weighted by molar-refractivity contribution is -0.139. The molecule has 0 saturated carbocycles. The van der Waals surface area contributed by atoms with Crippen LogP contribution in [0.25, 0.3) is 0 Å². The normalized spacial score (nSPS) is 12.2. The van der Waals surface area contributed by atoms with Crippen molar-refractivity contribution in [1.82, 2.24) is 10.2 Å². The number of benzene rings is 2. The van der Waals surface area contributed by atoms with Gasteiger partial charge < -0.3 is 10.2 Å². The highest BCUT2D eigenvalue weighted by atomic mass is 79.9. The van der Waals surface area contributed by atoms with Crippen molar-refractivity contribution in [2.24, 2.45) is 0 Å². The lowest BCUT2D eigenvalue weighted by atomic mass is 10.1. The number of hydrogen-bond donors (Lipinski definition) is 1. The van der Waals surface area contributed by atoms with Crippen molar-refractivity contribution >= 4 is 59.4 Å². The number of hydrogen-bond acceptors (Lipinski definition) is 4. The number of carbonyl (C=O) groups excluding carboxylic acids is 2. The van der Waals surface area contributed by atoms with E-state index in [1.165, 1.54) is 11.9 Å². The van der Waals surface area contributed by atoms with E-state index < -0.39 is 28.5 Å². The molecule has 1 atom stereocenters. The third-order valence-electron chi connectivity index (χ3n) is 4.43. The summed E-state index contributed by atoms with van der Waals surface area (Å²) in [7, 11) is -2.25. The lowest BCUT2D eigenvalue weighted by Gasteiger charge is -2.31. The zero-order valence-electron chi connectivity index (χ0n) is 16.8. The Labute approximate surface area is 193 Å². The average Bonchev–Trinajstić information content (AvgIpc) is 2.68. The zero-order chi connectivity index (χ0) is 22.5. The summed E-state index contributed by atoms with van der Waals surface area (Å²) in [6, 6.07) is 13.3. The van der Waals surface area contributed by atoms with Gasteiger partial charge in [-0.2, -0.15) is 0 Å². The maximum atomic E-state index is 13.2. The topological polar surface area (TPSA) is 86.8 Å². The molecule has 162 valence electrons. The molecule has 7 nitrogen and oxygen atoms in total. The van der Waals surface area contributed by atoms with Gasteiger partial charge in [-0.25, -0.2) is 8.42 Å². The predicted octanol–water partition coefficient (Wildman–Crippen LogP) is 3.14. The number of halogens is 2. The van der Waals surface area contributed by atoms with Crippen molar-refractivity contribution < 1.29 is 18.0 Å². The Morgan fingerprint density at radius 1 is 1.07 bits per heavy atom. The van der Waals surface area contributed by atoms with Crippen LogP contribution in [0.5, 0.6) is 0 Å². The Balaban J connectivity index is 2.38. The number of likely N-dealkylation sites (N-methyl/N-ethyl adjacent to an activating group) is 1. The highest BCUT2D eigenvalue weighted by Gasteiger charge is 2.29. The van der Waals surface area contributed by atoms with E-state index in [-0.39, 0.29) is 12.5 Å². The molecule has 0 radical (unpaired) electrons. The second-order valence-corrected chi connectivity index (χ2v) is 10.4. The smallest absolute Gasteiger partial charge is 0.244 e. The fourth-order valence-corrected chi connectivity index (χ4v) is 4.54. The largest absolute Gasteiger partial charge is 0.357 e. The van der Waals surface area contributed by atoms with Crippen LogP contribution < -0.4 is 9.62 Å². The minimum atomic E-state index is -3.74. The number of nitrogens with one attached hydrogen (secondary N) is 1. The molecule has 10 heteroatoms. The SMILES string of the molecule is CNC(=O)C(C)N(Cc1cccc(Br)c1)C(=O)CN(c1cccc(Br)c1)S(C)(=O)=O. The van der Waals surface area contributed by atoms with Crippen molar-refractivity contribution in [2.75, 3.05) is 24.2 Å². The van der Waals surface area contributed by atoms with Crippen molar-refractivity contribution in [3.8, 4) is 0 Å². The van der Waals surface area contributed by atoms with Crippen LogP contribution in [0.4, 0.5) is 5.69 Å². The van der Waals surface area contributed by atoms with Crippen LogP contribution in [-0.4, -0.2) is 51.0 Å². The first kappa shape index (κ1) is 24.4. The van der Waals surface area contributed by atoms with E-state index in [0.717, 1.165) is 20.6 Å². The molecule has 2 aromatic carbocycles. The summed E-state index contributed by atoms with van der Waals surface area (Å²) in [5.74, 6) is -0.830. The standard InChI is InChI=1S/C20H23Br2N3O4S/c1-14(20(27)23-2)24(12-15-6-4-7-16(21)10-15)19(26)13-25(30(3,28)29)18-9-5-8-17(22)11-18/h4-11,14H,12-13H2,1-3H3,(H,23,27). The molecule has 0 aliphatic heterocycles. The maximum absolute atomic E-state index is 13.2. The van der Waals surface area contributed by atoms with Gasteiger partial charge in [0.05, 0.1) is 11.9 Å². The second-order valence-electron chi connectivity index (χ2n) is 6.69. The number of rotatable bonds is 8. The number of amides is 2. The summed E-state index contributed by atoms with van der Waals surface area (Å²) in [6.07, 6.45) is 1.04. The highest BCUT2D eigenvalue weighted by molar-refractivity contribution is 9.10. The predicted molar refractivity (Wildman–Crippen MR) is 125 cm³/mol. The van der Waals surface area contributed by atoms with E-state index in [2.05, 4.69) is 37.2 Å². The van der Waals surface area contributed by atoms with Gasteiger partial charge in [0, 0.05) is 22.5 Å². The fourth-order valence-electron chi connectivity index (χ4n) is 2.87. The fraction of sp³-hybridized carbons (Fsp3) is 0.300. The van der Waals surface area contributed by atoms with Crippen molar-refractivity contribution in [3.05, 3.63) is 63.0 Å². The molecular formula is C20H23Br2N3O4S. The molecule has 2 amide bonds. The van der Waals surface area contributed by atoms with Crippen LogP contribution in [-0.2, 0) is 26.2 Å². The third-order valence-corrected chi connectivity index (χ3v) is 6.56. The van der Waals surface area contributed by atoms with Gasteiger partial charge >= 0.3 is 0 Å². The molecule has 0 saturated heterocycles. The summed E-state index contributed by atoms with van der Waals surface area (Å²) < 4.78 is 27.4. The van der Waals surface area contributed by atoms with Gasteiger partial charge in [-0.1, -0.05) is 50.1 Å². The molecule has 0 bridgehead atoms. The molecule has 2 rings (SSSR count). The van der Waals surface area contributed by atoms with Crippen molar-refractivity contribution in [3.63, 3.8) is 0 Å². The molecular weight excluding hydrogens is 538 g/mol. The van der Waals surface area contributed by atoms with Crippen LogP contribution in [0.2, 0.25) is 0 Å². The van der Waals surface area contributed by atoms with E-state index in [0.29, 0.717) is 10.2 Å². The third kappa shape index (κ3) is 6.55. The molecule has 1 N–H and O–H groups in total. The van der Waals surface area contributed by atoms with Crippen LogP contribution in [0.3, 0.4) is 0 Å². The Hall–Kier alpha value is -1.91. The van der Waals surface area contributed by atoms with Crippen molar-refractivity contribution in [1.29, 1.82) is 0 Å². The van der Waals surface area contributed by atoms with E-state index >= 15 is 0 Å². The monoisotopic (exact) mass is 559 g/mol. The zero-order valence-corrected chi connectivity index (χ0v) is 20.8. The minimum absolute atomic E-state index is 0.156. The van der Waals surface area contributed by atoms with Gasteiger partial charge in [0.25, 0.3) is 0 Å². The van der Waals surface area contributed by atoms with Crippen molar-refractivity contribution in [2.45, 2.75) is 19.5 Å². The molecule has 0 aliphatic carbocycles. The average molecular weight is 561 g/mol. The Kier molecular flexibility index (Phi) is 8.45. The van der Waals surface area contributed by atoms with Gasteiger partial charge in [-0.3, -0.25) is 13.9 Å². The Morgan fingerprint density at radius 2 is 1.67 bits per heavy atom. The molecule has 2 aromatic rings. The lowest BCUT2D eigenvalue weighted by Crippen LogP contribution is -2.50. The van der Waals surface area contributed by atoms with Crippen LogP contribution >= 0.6 is 31.9 Å². The van der Waals surface area contributed by atoms with E-state index in [1.54, 1.807) is 31.2 Å². The molecule has 30 heavy (non-hydrogen) atoms. The summed E-state index contributed by atoms with van der Waals surface area (Å²) in [5.41, 5.74) is 1.16. The van der Waals surface area contributed by atoms with Gasteiger partial charge in [0.2, 0.25) is 21.8 Å². The van der Waals surface area contributed by atoms with Crippen LogP contribution in [0, 0.1) is 0 Å². The van der Waals surface area contributed by atoms with E-state index in [1.807, 2.05) is 24.3 Å². The molecule has 0 aliphatic rings. The van der Waals surface area contributed by atoms with Gasteiger partial charge in [0.1, 0.15) is 12.6 Å². The Bertz CT molecular complexity index is 1030. The molecule has 0 spiro atoms. The number of anilines is 1. The maximum Gasteiger partial charge on any atom is 0.244 e. The van der Waals surface area contributed by atoms with Crippen LogP contribution in [0.15, 0.2) is 57.5 Å². The number of sulfonamides is 1. The number of carbonyl (C=O) groups is 2. The van der Waals surface area contributed by atoms with Gasteiger partial charge in [-0.05, 0) is 42.8 Å². The highest BCUT2D eigenvalue weighted by Crippen LogP contribution is 2.23. The molecule has 0 fully saturated rings.